The second-order valence-corrected chi connectivity index (χ2v) is 6.94. The summed E-state index contributed by atoms with van der Waals surface area (Å²) in [5, 5.41) is 6.90. The Bertz CT molecular complexity index is 746. The zero-order valence-corrected chi connectivity index (χ0v) is 14.6. The van der Waals surface area contributed by atoms with Gasteiger partial charge in [-0.25, -0.2) is 0 Å². The fourth-order valence-electron chi connectivity index (χ4n) is 2.62. The van der Waals surface area contributed by atoms with Crippen LogP contribution < -0.4 is 5.32 Å². The van der Waals surface area contributed by atoms with Gasteiger partial charge in [0.15, 0.2) is 0 Å². The molecule has 2 nitrogen and oxygen atoms in total. The van der Waals surface area contributed by atoms with Crippen LogP contribution in [0.25, 0.3) is 11.0 Å². The van der Waals surface area contributed by atoms with Crippen LogP contribution in [0.15, 0.2) is 44.6 Å². The summed E-state index contributed by atoms with van der Waals surface area (Å²) in [6, 6.07) is 10.6. The minimum Gasteiger partial charge on any atom is -0.459 e. The van der Waals surface area contributed by atoms with Gasteiger partial charge in [-0.15, -0.1) is 11.3 Å². The van der Waals surface area contributed by atoms with Crippen molar-refractivity contribution in [3.8, 4) is 0 Å². The van der Waals surface area contributed by atoms with Gasteiger partial charge in [-0.1, -0.05) is 25.1 Å². The molecule has 2 aromatic heterocycles. The van der Waals surface area contributed by atoms with Crippen molar-refractivity contribution in [2.75, 3.05) is 0 Å². The first-order chi connectivity index (χ1) is 10.2. The number of aryl methyl sites for hydroxylation is 1. The molecular weight excluding hydrogens is 346 g/mol. The Morgan fingerprint density at radius 2 is 2.10 bits per heavy atom. The number of halogens is 1. The van der Waals surface area contributed by atoms with Gasteiger partial charge in [0.1, 0.15) is 11.3 Å². The summed E-state index contributed by atoms with van der Waals surface area (Å²) < 4.78 is 7.25. The van der Waals surface area contributed by atoms with Crippen LogP contribution in [0.5, 0.6) is 0 Å². The van der Waals surface area contributed by atoms with E-state index in [9.17, 15) is 0 Å². The summed E-state index contributed by atoms with van der Waals surface area (Å²) >= 11 is 5.34. The lowest BCUT2D eigenvalue weighted by Crippen LogP contribution is -2.18. The molecule has 3 aromatic rings. The molecule has 0 fully saturated rings. The third kappa shape index (κ3) is 2.93. The highest BCUT2D eigenvalue weighted by Crippen LogP contribution is 2.31. The molecule has 21 heavy (non-hydrogen) atoms. The lowest BCUT2D eigenvalue weighted by atomic mass is 10.1. The molecule has 110 valence electrons. The molecule has 0 radical (unpaired) electrons. The number of thiophene rings is 1. The fraction of sp³-hybridized carbons (Fsp3) is 0.294. The predicted molar refractivity (Wildman–Crippen MR) is 92.9 cm³/mol. The molecule has 1 atom stereocenters. The molecule has 0 saturated carbocycles. The van der Waals surface area contributed by atoms with Crippen LogP contribution in [0, 0.1) is 0 Å². The quantitative estimate of drug-likeness (QED) is 0.631. The van der Waals surface area contributed by atoms with Crippen LogP contribution >= 0.6 is 27.3 Å². The summed E-state index contributed by atoms with van der Waals surface area (Å²) in [6.07, 6.45) is 0.987. The molecule has 0 aliphatic carbocycles. The van der Waals surface area contributed by atoms with E-state index in [1.165, 1.54) is 20.3 Å². The number of hydrogen-bond donors (Lipinski definition) is 1. The maximum Gasteiger partial charge on any atom is 0.134 e. The van der Waals surface area contributed by atoms with Crippen LogP contribution in [0.2, 0.25) is 0 Å². The van der Waals surface area contributed by atoms with Gasteiger partial charge in [0.25, 0.3) is 0 Å². The molecule has 1 unspecified atom stereocenters. The SMILES string of the molecule is CCc1c(C(C)NCc2sccc2Br)oc2ccccc12. The first-order valence-electron chi connectivity index (χ1n) is 7.16. The van der Waals surface area contributed by atoms with Crippen molar-refractivity contribution in [2.45, 2.75) is 32.9 Å². The minimum atomic E-state index is 0.196. The van der Waals surface area contributed by atoms with E-state index in [0.29, 0.717) is 0 Å². The number of nitrogens with one attached hydrogen (secondary N) is 1. The molecule has 3 rings (SSSR count). The Morgan fingerprint density at radius 1 is 1.29 bits per heavy atom. The third-order valence-electron chi connectivity index (χ3n) is 3.74. The van der Waals surface area contributed by atoms with Crippen molar-refractivity contribution in [2.24, 2.45) is 0 Å². The predicted octanol–water partition coefficient (Wildman–Crippen LogP) is 5.67. The lowest BCUT2D eigenvalue weighted by Gasteiger charge is -2.12. The third-order valence-corrected chi connectivity index (χ3v) is 5.66. The zero-order chi connectivity index (χ0) is 14.8. The molecule has 2 heterocycles. The Labute approximate surface area is 137 Å². The molecule has 1 aromatic carbocycles. The van der Waals surface area contributed by atoms with Crippen molar-refractivity contribution in [1.29, 1.82) is 0 Å². The summed E-state index contributed by atoms with van der Waals surface area (Å²) in [5.41, 5.74) is 2.30. The fourth-order valence-corrected chi connectivity index (χ4v) is 4.07. The number of para-hydroxylation sites is 1. The van der Waals surface area contributed by atoms with Crippen molar-refractivity contribution in [3.63, 3.8) is 0 Å². The van der Waals surface area contributed by atoms with Crippen LogP contribution in [0.1, 0.15) is 36.1 Å². The van der Waals surface area contributed by atoms with E-state index in [4.69, 9.17) is 4.42 Å². The number of furan rings is 1. The highest BCUT2D eigenvalue weighted by atomic mass is 79.9. The highest BCUT2D eigenvalue weighted by Gasteiger charge is 2.18. The molecule has 0 spiro atoms. The summed E-state index contributed by atoms with van der Waals surface area (Å²) in [7, 11) is 0. The molecule has 0 saturated heterocycles. The second kappa shape index (κ2) is 6.34. The van der Waals surface area contributed by atoms with Crippen molar-refractivity contribution in [3.05, 3.63) is 56.4 Å². The summed E-state index contributed by atoms with van der Waals surface area (Å²) in [5.74, 6) is 1.06. The maximum atomic E-state index is 6.08. The lowest BCUT2D eigenvalue weighted by molar-refractivity contribution is 0.447. The Morgan fingerprint density at radius 3 is 2.81 bits per heavy atom. The van der Waals surface area contributed by atoms with E-state index < -0.39 is 0 Å². The topological polar surface area (TPSA) is 25.2 Å². The zero-order valence-electron chi connectivity index (χ0n) is 12.2. The van der Waals surface area contributed by atoms with Gasteiger partial charge in [-0.2, -0.15) is 0 Å². The highest BCUT2D eigenvalue weighted by molar-refractivity contribution is 9.10. The van der Waals surface area contributed by atoms with Gasteiger partial charge in [0.2, 0.25) is 0 Å². The number of fused-ring (bicyclic) bond motifs is 1. The molecule has 0 amide bonds. The van der Waals surface area contributed by atoms with Gasteiger partial charge >= 0.3 is 0 Å². The first-order valence-corrected chi connectivity index (χ1v) is 8.83. The smallest absolute Gasteiger partial charge is 0.134 e. The van der Waals surface area contributed by atoms with Gasteiger partial charge in [-0.3, -0.25) is 0 Å². The average Bonchev–Trinajstić information content (AvgIpc) is 3.07. The minimum absolute atomic E-state index is 0.196. The Balaban J connectivity index is 1.84. The number of rotatable bonds is 5. The average molecular weight is 364 g/mol. The second-order valence-electron chi connectivity index (χ2n) is 5.09. The van der Waals surface area contributed by atoms with E-state index in [-0.39, 0.29) is 6.04 Å². The van der Waals surface area contributed by atoms with Crippen LogP contribution in [0.3, 0.4) is 0 Å². The van der Waals surface area contributed by atoms with Gasteiger partial charge in [0, 0.05) is 26.8 Å². The van der Waals surface area contributed by atoms with Crippen molar-refractivity contribution >= 4 is 38.2 Å². The number of benzene rings is 1. The van der Waals surface area contributed by atoms with Gasteiger partial charge in [0.05, 0.1) is 6.04 Å². The molecular formula is C17H18BrNOS. The maximum absolute atomic E-state index is 6.08. The van der Waals surface area contributed by atoms with Crippen LogP contribution in [-0.4, -0.2) is 0 Å². The molecule has 0 bridgehead atoms. The Kier molecular flexibility index (Phi) is 4.48. The summed E-state index contributed by atoms with van der Waals surface area (Å²) in [4.78, 5) is 1.32. The molecule has 1 N–H and O–H groups in total. The van der Waals surface area contributed by atoms with Gasteiger partial charge < -0.3 is 9.73 Å². The normalized spacial score (nSPS) is 12.9. The van der Waals surface area contributed by atoms with E-state index in [1.54, 1.807) is 11.3 Å². The number of hydrogen-bond acceptors (Lipinski definition) is 3. The van der Waals surface area contributed by atoms with Gasteiger partial charge in [-0.05, 0) is 46.8 Å². The molecule has 0 aliphatic heterocycles. The molecule has 4 heteroatoms. The van der Waals surface area contributed by atoms with Crippen molar-refractivity contribution in [1.82, 2.24) is 5.32 Å². The largest absolute Gasteiger partial charge is 0.459 e. The van der Waals surface area contributed by atoms with Crippen LogP contribution in [-0.2, 0) is 13.0 Å². The monoisotopic (exact) mass is 363 g/mol. The van der Waals surface area contributed by atoms with E-state index in [1.807, 2.05) is 12.1 Å². The van der Waals surface area contributed by atoms with E-state index >= 15 is 0 Å². The van der Waals surface area contributed by atoms with E-state index in [2.05, 4.69) is 58.7 Å². The van der Waals surface area contributed by atoms with Crippen molar-refractivity contribution < 1.29 is 4.42 Å². The summed E-state index contributed by atoms with van der Waals surface area (Å²) in [6.45, 7) is 5.20. The first kappa shape index (κ1) is 14.8. The van der Waals surface area contributed by atoms with Crippen LogP contribution in [0.4, 0.5) is 0 Å². The van der Waals surface area contributed by atoms with E-state index in [0.717, 1.165) is 24.3 Å². The molecule has 0 aliphatic rings. The standard InChI is InChI=1S/C17H18BrNOS/c1-3-12-13-6-4-5-7-15(13)20-17(12)11(2)19-10-16-14(18)8-9-21-16/h4-9,11,19H,3,10H2,1-2H3. The Hall–Kier alpha value is -1.10.